The van der Waals surface area contributed by atoms with Gasteiger partial charge in [0.15, 0.2) is 0 Å². The molecule has 2 aliphatic rings. The molecule has 1 aromatic heterocycles. The number of benzene rings is 2. The van der Waals surface area contributed by atoms with E-state index in [1.165, 1.54) is 11.1 Å². The number of fused-ring (bicyclic) bond motifs is 1. The number of hydrazine groups is 1. The zero-order valence-electron chi connectivity index (χ0n) is 24.0. The normalized spacial score (nSPS) is 20.5. The molecule has 1 saturated heterocycles. The van der Waals surface area contributed by atoms with Gasteiger partial charge in [0.2, 0.25) is 5.82 Å². The van der Waals surface area contributed by atoms with Crippen LogP contribution in [0.5, 0.6) is 0 Å². The van der Waals surface area contributed by atoms with E-state index in [1.807, 2.05) is 25.1 Å². The Hall–Kier alpha value is -3.85. The quantitative estimate of drug-likeness (QED) is 0.167. The zero-order valence-corrected chi connectivity index (χ0v) is 24.0. The van der Waals surface area contributed by atoms with Crippen LogP contribution in [-0.4, -0.2) is 67.6 Å². The van der Waals surface area contributed by atoms with Gasteiger partial charge in [0.05, 0.1) is 12.6 Å². The fraction of sp³-hybridized carbons (Fsp3) is 0.469. The lowest BCUT2D eigenvalue weighted by Crippen LogP contribution is -2.55. The van der Waals surface area contributed by atoms with Crippen molar-refractivity contribution in [2.24, 2.45) is 0 Å². The molecule has 3 heterocycles. The van der Waals surface area contributed by atoms with Crippen LogP contribution >= 0.6 is 0 Å². The van der Waals surface area contributed by atoms with Crippen LogP contribution < -0.4 is 0 Å². The third kappa shape index (κ3) is 6.73. The molecule has 2 aromatic carbocycles. The molecule has 0 amide bonds. The molecule has 0 radical (unpaired) electrons. The Balaban J connectivity index is 1.35. The summed E-state index contributed by atoms with van der Waals surface area (Å²) in [5, 5.41) is 19.6. The van der Waals surface area contributed by atoms with Crippen molar-refractivity contribution in [3.05, 3.63) is 65.9 Å². The Kier molecular flexibility index (Phi) is 9.56. The first kappa shape index (κ1) is 28.7. The van der Waals surface area contributed by atoms with Crippen LogP contribution in [0.3, 0.4) is 0 Å². The van der Waals surface area contributed by atoms with Gasteiger partial charge in [-0.2, -0.15) is 5.21 Å². The van der Waals surface area contributed by atoms with E-state index >= 15 is 0 Å². The molecule has 1 N–H and O–H groups in total. The van der Waals surface area contributed by atoms with E-state index in [1.54, 1.807) is 0 Å². The topological polar surface area (TPSA) is 104 Å². The van der Waals surface area contributed by atoms with Crippen molar-refractivity contribution in [2.75, 3.05) is 6.61 Å². The monoisotopic (exact) mass is 556 g/mol. The molecular formula is C32H40N6O3. The van der Waals surface area contributed by atoms with Crippen molar-refractivity contribution in [2.45, 2.75) is 89.8 Å². The number of rotatable bonds is 13. The number of hydrogen-bond acceptors (Lipinski definition) is 8. The van der Waals surface area contributed by atoms with Crippen LogP contribution in [0.2, 0.25) is 0 Å². The Morgan fingerprint density at radius 1 is 1.07 bits per heavy atom. The summed E-state index contributed by atoms with van der Waals surface area (Å²) in [4.78, 5) is 23.1. The summed E-state index contributed by atoms with van der Waals surface area (Å²) in [5.74, 6) is 0.462. The van der Waals surface area contributed by atoms with E-state index in [4.69, 9.17) is 4.74 Å². The van der Waals surface area contributed by atoms with E-state index < -0.39 is 0 Å². The number of esters is 1. The number of aldehydes is 1. The minimum atomic E-state index is -0.117. The molecule has 41 heavy (non-hydrogen) atoms. The first-order valence-electron chi connectivity index (χ1n) is 14.9. The molecule has 2 aliphatic heterocycles. The van der Waals surface area contributed by atoms with E-state index in [-0.39, 0.29) is 12.0 Å². The molecule has 1 fully saturated rings. The third-order valence-electron chi connectivity index (χ3n) is 8.28. The molecule has 3 aromatic rings. The number of aromatic nitrogens is 4. The summed E-state index contributed by atoms with van der Waals surface area (Å²) >= 11 is 0. The van der Waals surface area contributed by atoms with Gasteiger partial charge < -0.3 is 14.5 Å². The van der Waals surface area contributed by atoms with Crippen LogP contribution in [-0.2, 0) is 20.7 Å². The fourth-order valence-corrected chi connectivity index (χ4v) is 6.23. The van der Waals surface area contributed by atoms with Crippen molar-refractivity contribution < 1.29 is 14.3 Å². The van der Waals surface area contributed by atoms with Crippen LogP contribution in [0.25, 0.3) is 22.5 Å². The Morgan fingerprint density at radius 2 is 1.88 bits per heavy atom. The predicted octanol–water partition coefficient (Wildman–Crippen LogP) is 5.51. The number of aromatic amines is 1. The second kappa shape index (κ2) is 13.7. The van der Waals surface area contributed by atoms with E-state index in [9.17, 15) is 9.59 Å². The lowest BCUT2D eigenvalue weighted by atomic mass is 9.92. The van der Waals surface area contributed by atoms with Gasteiger partial charge in [-0.15, -0.1) is 10.2 Å². The summed E-state index contributed by atoms with van der Waals surface area (Å²) in [6.07, 6.45) is 11.1. The predicted molar refractivity (Wildman–Crippen MR) is 157 cm³/mol. The average Bonchev–Trinajstić information content (AvgIpc) is 3.65. The largest absolute Gasteiger partial charge is 0.466 e. The van der Waals surface area contributed by atoms with Crippen LogP contribution in [0.15, 0.2) is 60.3 Å². The number of H-pyrrole nitrogens is 1. The molecule has 0 spiro atoms. The number of nitrogens with zero attached hydrogens (tertiary/aromatic N) is 5. The Bertz CT molecular complexity index is 1320. The van der Waals surface area contributed by atoms with Crippen molar-refractivity contribution in [1.29, 1.82) is 0 Å². The molecule has 3 atom stereocenters. The highest BCUT2D eigenvalue weighted by molar-refractivity contribution is 5.80. The second-order valence-electron chi connectivity index (χ2n) is 11.0. The van der Waals surface area contributed by atoms with Gasteiger partial charge in [-0.3, -0.25) is 4.79 Å². The summed E-state index contributed by atoms with van der Waals surface area (Å²) in [6, 6.07) is 17.8. The fourth-order valence-electron chi connectivity index (χ4n) is 6.23. The first-order valence-corrected chi connectivity index (χ1v) is 14.9. The summed E-state index contributed by atoms with van der Waals surface area (Å²) < 4.78 is 5.23. The molecule has 0 saturated carbocycles. The van der Waals surface area contributed by atoms with E-state index in [0.717, 1.165) is 67.9 Å². The van der Waals surface area contributed by atoms with Gasteiger partial charge in [-0.25, -0.2) is 5.01 Å². The highest BCUT2D eigenvalue weighted by Crippen LogP contribution is 2.39. The molecule has 0 bridgehead atoms. The Labute approximate surface area is 241 Å². The van der Waals surface area contributed by atoms with Crippen LogP contribution in [0, 0.1) is 0 Å². The number of ether oxygens (including phenoxy) is 1. The molecule has 216 valence electrons. The molecule has 9 heteroatoms. The highest BCUT2D eigenvalue weighted by atomic mass is 16.5. The number of unbranched alkanes of at least 4 members (excludes halogenated alkanes) is 2. The summed E-state index contributed by atoms with van der Waals surface area (Å²) in [5.41, 5.74) is 5.76. The van der Waals surface area contributed by atoms with Crippen molar-refractivity contribution in [3.63, 3.8) is 0 Å². The van der Waals surface area contributed by atoms with Gasteiger partial charge >= 0.3 is 5.97 Å². The standard InChI is InChI=1S/C32H40N6O3/c1-3-41-31(40)19-18-27-17-12-23(2)37-22-26(30(38(27)37)11-5-4-8-20-39)21-24-13-15-25(16-14-24)28-9-6-7-10-29(28)32-33-35-36-34-32/h6-7,9-10,13-16,20,22-23,27,30H,3-5,8,11-12,17-19,21H2,1-2H3,(H,33,34,35,36). The summed E-state index contributed by atoms with van der Waals surface area (Å²) in [7, 11) is 0. The lowest BCUT2D eigenvalue weighted by molar-refractivity contribution is -0.145. The Morgan fingerprint density at radius 3 is 2.61 bits per heavy atom. The van der Waals surface area contributed by atoms with Crippen molar-refractivity contribution in [3.8, 4) is 22.5 Å². The molecular weight excluding hydrogens is 516 g/mol. The highest BCUT2D eigenvalue weighted by Gasteiger charge is 2.42. The smallest absolute Gasteiger partial charge is 0.305 e. The number of nitrogens with one attached hydrogen (secondary N) is 1. The third-order valence-corrected chi connectivity index (χ3v) is 8.28. The number of tetrazole rings is 1. The second-order valence-corrected chi connectivity index (χ2v) is 11.0. The minimum Gasteiger partial charge on any atom is -0.466 e. The zero-order chi connectivity index (χ0) is 28.6. The van der Waals surface area contributed by atoms with Gasteiger partial charge in [0.1, 0.15) is 6.29 Å². The van der Waals surface area contributed by atoms with Crippen LogP contribution in [0.4, 0.5) is 0 Å². The molecule has 3 unspecified atom stereocenters. The maximum absolute atomic E-state index is 12.2. The lowest BCUT2D eigenvalue weighted by Gasteiger charge is -2.47. The first-order chi connectivity index (χ1) is 20.1. The van der Waals surface area contributed by atoms with Gasteiger partial charge in [-0.1, -0.05) is 55.0 Å². The van der Waals surface area contributed by atoms with Crippen molar-refractivity contribution >= 4 is 12.3 Å². The van der Waals surface area contributed by atoms with Crippen LogP contribution in [0.1, 0.15) is 70.8 Å². The van der Waals surface area contributed by atoms with Crippen molar-refractivity contribution in [1.82, 2.24) is 30.6 Å². The molecule has 9 nitrogen and oxygen atoms in total. The summed E-state index contributed by atoms with van der Waals surface area (Å²) in [6.45, 7) is 4.56. The molecule has 0 aliphatic carbocycles. The van der Waals surface area contributed by atoms with Gasteiger partial charge in [0.25, 0.3) is 0 Å². The van der Waals surface area contributed by atoms with Gasteiger partial charge in [-0.05, 0) is 79.8 Å². The molecule has 5 rings (SSSR count). The SMILES string of the molecule is CCOC(=O)CCC1CCC(C)N2C=C(Cc3ccc(-c4ccccc4-c4nn[nH]n4)cc3)C(CCCCC=O)N12. The maximum Gasteiger partial charge on any atom is 0.305 e. The van der Waals surface area contributed by atoms with Gasteiger partial charge in [0, 0.05) is 36.7 Å². The maximum atomic E-state index is 12.2. The number of carbonyl (C=O) groups is 2. The van der Waals surface area contributed by atoms with E-state index in [0.29, 0.717) is 37.4 Å². The minimum absolute atomic E-state index is 0.117. The number of hydrogen-bond donors (Lipinski definition) is 1. The van der Waals surface area contributed by atoms with E-state index in [2.05, 4.69) is 74.1 Å². The average molecular weight is 557 g/mol. The number of carbonyl (C=O) groups excluding carboxylic acids is 2.